The molecule has 2 aliphatic heterocycles. The zero-order valence-electron chi connectivity index (χ0n) is 13.9. The number of pyridine rings is 1. The standard InChI is InChI=1S/C18H21FN4O2/c19-14-4-1-8-21-16(14)22-13-10-18(25-11-13)6-3-9-23(12-18)17(24)15-5-2-7-20-15/h1-2,4-5,7-8,13,20H,3,6,9-12H2,(H,21,22)/t13-,18+/m1/s1. The number of piperidine rings is 1. The summed E-state index contributed by atoms with van der Waals surface area (Å²) < 4.78 is 19.9. The number of H-pyrrole nitrogens is 1. The number of carbonyl (C=O) groups is 1. The van der Waals surface area contributed by atoms with Gasteiger partial charge in [0.15, 0.2) is 11.6 Å². The number of hydrogen-bond acceptors (Lipinski definition) is 4. The molecule has 2 saturated heterocycles. The number of rotatable bonds is 3. The molecule has 2 aromatic heterocycles. The van der Waals surface area contributed by atoms with Gasteiger partial charge < -0.3 is 19.9 Å². The Hall–Kier alpha value is -2.41. The molecule has 7 heteroatoms. The van der Waals surface area contributed by atoms with Crippen molar-refractivity contribution in [2.45, 2.75) is 30.9 Å². The second-order valence-electron chi connectivity index (χ2n) is 6.79. The monoisotopic (exact) mass is 344 g/mol. The summed E-state index contributed by atoms with van der Waals surface area (Å²) in [5.74, 6) is -0.112. The van der Waals surface area contributed by atoms with Crippen molar-refractivity contribution >= 4 is 11.7 Å². The number of nitrogens with zero attached hydrogens (tertiary/aromatic N) is 2. The number of nitrogens with one attached hydrogen (secondary N) is 2. The van der Waals surface area contributed by atoms with Gasteiger partial charge >= 0.3 is 0 Å². The first kappa shape index (κ1) is 16.1. The third-order valence-electron chi connectivity index (χ3n) is 4.96. The number of anilines is 1. The van der Waals surface area contributed by atoms with Crippen molar-refractivity contribution in [3.8, 4) is 0 Å². The van der Waals surface area contributed by atoms with Crippen molar-refractivity contribution < 1.29 is 13.9 Å². The number of amides is 1. The first-order valence-electron chi connectivity index (χ1n) is 8.59. The van der Waals surface area contributed by atoms with Gasteiger partial charge in [-0.1, -0.05) is 0 Å². The summed E-state index contributed by atoms with van der Waals surface area (Å²) in [5.41, 5.74) is 0.240. The maximum Gasteiger partial charge on any atom is 0.270 e. The molecule has 0 unspecified atom stereocenters. The van der Waals surface area contributed by atoms with E-state index in [1.165, 1.54) is 6.07 Å². The lowest BCUT2D eigenvalue weighted by molar-refractivity contribution is -0.0448. The molecule has 4 heterocycles. The Morgan fingerprint density at radius 3 is 3.16 bits per heavy atom. The van der Waals surface area contributed by atoms with Crippen LogP contribution in [0, 0.1) is 5.82 Å². The van der Waals surface area contributed by atoms with Crippen LogP contribution in [-0.2, 0) is 4.74 Å². The number of aromatic nitrogens is 2. The minimum absolute atomic E-state index is 0.000135. The number of aromatic amines is 1. The van der Waals surface area contributed by atoms with Crippen LogP contribution < -0.4 is 5.32 Å². The van der Waals surface area contributed by atoms with Crippen molar-refractivity contribution in [3.63, 3.8) is 0 Å². The number of carbonyl (C=O) groups excluding carboxylic acids is 1. The van der Waals surface area contributed by atoms with Gasteiger partial charge in [-0.2, -0.15) is 0 Å². The van der Waals surface area contributed by atoms with Crippen LogP contribution in [0.15, 0.2) is 36.7 Å². The normalized spacial score (nSPS) is 26.1. The van der Waals surface area contributed by atoms with E-state index in [0.717, 1.165) is 25.8 Å². The van der Waals surface area contributed by atoms with Gasteiger partial charge in [0.2, 0.25) is 0 Å². The molecule has 0 saturated carbocycles. The van der Waals surface area contributed by atoms with Crippen LogP contribution >= 0.6 is 0 Å². The average Bonchev–Trinajstić information content (AvgIpc) is 3.27. The Morgan fingerprint density at radius 2 is 2.36 bits per heavy atom. The molecule has 2 N–H and O–H groups in total. The molecule has 4 rings (SSSR count). The predicted molar refractivity (Wildman–Crippen MR) is 90.8 cm³/mol. The summed E-state index contributed by atoms with van der Waals surface area (Å²) in [4.78, 5) is 21.4. The highest BCUT2D eigenvalue weighted by atomic mass is 19.1. The Kier molecular flexibility index (Phi) is 4.17. The summed E-state index contributed by atoms with van der Waals surface area (Å²) in [7, 11) is 0. The maximum absolute atomic E-state index is 13.8. The molecular weight excluding hydrogens is 323 g/mol. The molecule has 1 amide bonds. The van der Waals surface area contributed by atoms with E-state index in [9.17, 15) is 9.18 Å². The van der Waals surface area contributed by atoms with E-state index in [1.54, 1.807) is 24.5 Å². The minimum atomic E-state index is -0.365. The molecule has 6 nitrogen and oxygen atoms in total. The van der Waals surface area contributed by atoms with Crippen LogP contribution in [0.5, 0.6) is 0 Å². The lowest BCUT2D eigenvalue weighted by atomic mass is 9.88. The van der Waals surface area contributed by atoms with E-state index in [1.807, 2.05) is 11.0 Å². The lowest BCUT2D eigenvalue weighted by Gasteiger charge is -2.39. The van der Waals surface area contributed by atoms with Crippen molar-refractivity contribution in [1.29, 1.82) is 0 Å². The molecule has 1 spiro atoms. The summed E-state index contributed by atoms with van der Waals surface area (Å²) >= 11 is 0. The summed E-state index contributed by atoms with van der Waals surface area (Å²) in [6.07, 6.45) is 5.85. The van der Waals surface area contributed by atoms with Gasteiger partial charge in [0.25, 0.3) is 5.91 Å². The van der Waals surface area contributed by atoms with Crippen LogP contribution in [0.2, 0.25) is 0 Å². The van der Waals surface area contributed by atoms with Crippen molar-refractivity contribution in [2.24, 2.45) is 0 Å². The van der Waals surface area contributed by atoms with Gasteiger partial charge in [0.05, 0.1) is 24.8 Å². The second-order valence-corrected chi connectivity index (χ2v) is 6.79. The smallest absolute Gasteiger partial charge is 0.270 e. The number of ether oxygens (including phenoxy) is 1. The van der Waals surface area contributed by atoms with E-state index in [4.69, 9.17) is 4.74 Å². The van der Waals surface area contributed by atoms with E-state index in [-0.39, 0.29) is 29.2 Å². The van der Waals surface area contributed by atoms with Crippen molar-refractivity contribution in [3.05, 3.63) is 48.2 Å². The second kappa shape index (κ2) is 6.48. The Morgan fingerprint density at radius 1 is 1.44 bits per heavy atom. The summed E-state index contributed by atoms with van der Waals surface area (Å²) in [5, 5.41) is 3.13. The highest BCUT2D eigenvalue weighted by molar-refractivity contribution is 5.92. The SMILES string of the molecule is O=C(c1ccc[nH]1)N1CCC[C@]2(C[C@@H](Nc3ncccc3F)CO2)C1. The largest absolute Gasteiger partial charge is 0.371 e. The molecule has 2 fully saturated rings. The maximum atomic E-state index is 13.8. The summed E-state index contributed by atoms with van der Waals surface area (Å²) in [6, 6.07) is 6.55. The van der Waals surface area contributed by atoms with Crippen LogP contribution in [0.4, 0.5) is 10.2 Å². The summed E-state index contributed by atoms with van der Waals surface area (Å²) in [6.45, 7) is 1.78. The first-order valence-corrected chi connectivity index (χ1v) is 8.59. The molecule has 25 heavy (non-hydrogen) atoms. The molecular formula is C18H21FN4O2. The molecule has 2 aromatic rings. The average molecular weight is 344 g/mol. The fourth-order valence-electron chi connectivity index (χ4n) is 3.81. The van der Waals surface area contributed by atoms with Gasteiger partial charge in [-0.3, -0.25) is 4.79 Å². The van der Waals surface area contributed by atoms with Gasteiger partial charge in [-0.15, -0.1) is 0 Å². The molecule has 2 aliphatic rings. The van der Waals surface area contributed by atoms with Gasteiger partial charge in [0, 0.05) is 25.4 Å². The molecule has 132 valence electrons. The van der Waals surface area contributed by atoms with Gasteiger partial charge in [-0.05, 0) is 37.1 Å². The zero-order valence-corrected chi connectivity index (χ0v) is 13.9. The van der Waals surface area contributed by atoms with Gasteiger partial charge in [0.1, 0.15) is 5.69 Å². The van der Waals surface area contributed by atoms with E-state index in [2.05, 4.69) is 15.3 Å². The first-order chi connectivity index (χ1) is 12.2. The van der Waals surface area contributed by atoms with Crippen molar-refractivity contribution in [2.75, 3.05) is 25.0 Å². The predicted octanol–water partition coefficient (Wildman–Crippen LogP) is 2.42. The third-order valence-corrected chi connectivity index (χ3v) is 4.96. The van der Waals surface area contributed by atoms with Crippen molar-refractivity contribution in [1.82, 2.24) is 14.9 Å². The number of hydrogen-bond donors (Lipinski definition) is 2. The topological polar surface area (TPSA) is 70.2 Å². The highest BCUT2D eigenvalue weighted by Crippen LogP contribution is 2.36. The molecule has 2 atom stereocenters. The minimum Gasteiger partial charge on any atom is -0.371 e. The van der Waals surface area contributed by atoms with Crippen LogP contribution in [0.3, 0.4) is 0 Å². The Labute approximate surface area is 145 Å². The van der Waals surface area contributed by atoms with E-state index < -0.39 is 0 Å². The van der Waals surface area contributed by atoms with E-state index in [0.29, 0.717) is 18.8 Å². The van der Waals surface area contributed by atoms with E-state index >= 15 is 0 Å². The molecule has 0 bridgehead atoms. The molecule has 0 radical (unpaired) electrons. The highest BCUT2D eigenvalue weighted by Gasteiger charge is 2.44. The number of halogens is 1. The Balaban J connectivity index is 1.42. The molecule has 0 aromatic carbocycles. The fourth-order valence-corrected chi connectivity index (χ4v) is 3.81. The Bertz CT molecular complexity index is 751. The van der Waals surface area contributed by atoms with Gasteiger partial charge in [-0.25, -0.2) is 9.37 Å². The quantitative estimate of drug-likeness (QED) is 0.897. The van der Waals surface area contributed by atoms with Crippen LogP contribution in [0.25, 0.3) is 0 Å². The fraction of sp³-hybridized carbons (Fsp3) is 0.444. The van der Waals surface area contributed by atoms with Crippen LogP contribution in [0.1, 0.15) is 29.8 Å². The number of likely N-dealkylation sites (tertiary alicyclic amines) is 1. The van der Waals surface area contributed by atoms with Crippen LogP contribution in [-0.4, -0.2) is 52.1 Å². The zero-order chi connectivity index (χ0) is 17.3. The third kappa shape index (κ3) is 3.24. The molecule has 0 aliphatic carbocycles. The lowest BCUT2D eigenvalue weighted by Crippen LogP contribution is -2.50.